The van der Waals surface area contributed by atoms with Crippen LogP contribution in [0.2, 0.25) is 5.02 Å². The fraction of sp³-hybridized carbons (Fsp3) is 0.174. The largest absolute Gasteiger partial charge is 0.383 e. The molecule has 0 saturated heterocycles. The number of nitrogens with one attached hydrogen (secondary N) is 2. The lowest BCUT2D eigenvalue weighted by molar-refractivity contribution is -0.118. The highest BCUT2D eigenvalue weighted by Gasteiger charge is 2.19. The number of hydrogen-bond acceptors (Lipinski definition) is 4. The van der Waals surface area contributed by atoms with Crippen molar-refractivity contribution >= 4 is 29.1 Å². The number of rotatable bonds is 5. The average Bonchev–Trinajstić information content (AvgIpc) is 3.15. The lowest BCUT2D eigenvalue weighted by atomic mass is 9.95. The second kappa shape index (κ2) is 8.73. The Morgan fingerprint density at radius 1 is 1.35 bits per heavy atom. The van der Waals surface area contributed by atoms with E-state index in [1.54, 1.807) is 24.4 Å². The molecule has 8 heteroatoms. The zero-order valence-electron chi connectivity index (χ0n) is 16.8. The van der Waals surface area contributed by atoms with E-state index in [1.807, 2.05) is 12.2 Å². The van der Waals surface area contributed by atoms with E-state index in [1.165, 1.54) is 17.7 Å². The molecule has 6 nitrogen and oxygen atoms in total. The molecule has 4 N–H and O–H groups in total. The van der Waals surface area contributed by atoms with Crippen LogP contribution < -0.4 is 11.1 Å². The van der Waals surface area contributed by atoms with Crippen molar-refractivity contribution in [2.24, 2.45) is 5.92 Å². The highest BCUT2D eigenvalue weighted by Crippen LogP contribution is 2.33. The number of pyridine rings is 1. The highest BCUT2D eigenvalue weighted by atomic mass is 35.5. The van der Waals surface area contributed by atoms with Gasteiger partial charge >= 0.3 is 0 Å². The molecule has 0 fully saturated rings. The maximum atomic E-state index is 14.2. The number of amides is 1. The third-order valence-electron chi connectivity index (χ3n) is 5.14. The lowest BCUT2D eigenvalue weighted by Crippen LogP contribution is -2.22. The number of H-pyrrole nitrogens is 1. The predicted molar refractivity (Wildman–Crippen MR) is 121 cm³/mol. The van der Waals surface area contributed by atoms with Gasteiger partial charge in [0.2, 0.25) is 5.91 Å². The second-order valence-corrected chi connectivity index (χ2v) is 7.61. The van der Waals surface area contributed by atoms with Gasteiger partial charge in [0.05, 0.1) is 16.5 Å². The van der Waals surface area contributed by atoms with Crippen molar-refractivity contribution in [1.29, 1.82) is 0 Å². The lowest BCUT2D eigenvalue weighted by Gasteiger charge is -2.15. The minimum atomic E-state index is -0.498. The number of imidazole rings is 1. The standard InChI is InChI=1S/C23H21ClFN5O/c1-2-13-6-8-14(9-7-13)23(31)28-18-11-10-15(12-27-18)20-21(26)30-22(29-20)19-16(24)4-3-5-17(19)25/h3-8,10-12,14H,2,9,26H2,1H3,(H,29,30)(H,27,28,31). The highest BCUT2D eigenvalue weighted by molar-refractivity contribution is 6.33. The molecule has 1 unspecified atom stereocenters. The molecule has 4 rings (SSSR count). The quantitative estimate of drug-likeness (QED) is 0.500. The van der Waals surface area contributed by atoms with Gasteiger partial charge in [0.25, 0.3) is 0 Å². The molecular weight excluding hydrogens is 417 g/mol. The molecule has 0 aliphatic heterocycles. The Morgan fingerprint density at radius 3 is 2.84 bits per heavy atom. The number of nitrogen functional groups attached to an aromatic ring is 1. The summed E-state index contributed by atoms with van der Waals surface area (Å²) in [7, 11) is 0. The topological polar surface area (TPSA) is 96.7 Å². The van der Waals surface area contributed by atoms with Gasteiger partial charge in [-0.2, -0.15) is 0 Å². The summed E-state index contributed by atoms with van der Waals surface area (Å²) in [4.78, 5) is 24.1. The number of nitrogens with two attached hydrogens (primary N) is 1. The van der Waals surface area contributed by atoms with E-state index in [4.69, 9.17) is 17.3 Å². The molecule has 158 valence electrons. The molecule has 0 saturated carbocycles. The van der Waals surface area contributed by atoms with Crippen LogP contribution in [0.3, 0.4) is 0 Å². The van der Waals surface area contributed by atoms with Crippen molar-refractivity contribution in [3.8, 4) is 22.6 Å². The monoisotopic (exact) mass is 437 g/mol. The molecule has 0 radical (unpaired) electrons. The Kier molecular flexibility index (Phi) is 5.86. The SMILES string of the molecule is CCC1=CCC(C(=O)Nc2ccc(-c3nc(-c4c(F)cccc4Cl)[nH]c3N)cn2)C=C1. The predicted octanol–water partition coefficient (Wildman–Crippen LogP) is 5.36. The maximum absolute atomic E-state index is 14.2. The molecule has 1 aliphatic carbocycles. The summed E-state index contributed by atoms with van der Waals surface area (Å²) in [5.41, 5.74) is 8.49. The molecule has 1 aliphatic rings. The van der Waals surface area contributed by atoms with Crippen LogP contribution in [0.4, 0.5) is 16.0 Å². The number of benzene rings is 1. The van der Waals surface area contributed by atoms with Crippen LogP contribution in [-0.2, 0) is 4.79 Å². The number of nitrogens with zero attached hydrogens (tertiary/aromatic N) is 2. The summed E-state index contributed by atoms with van der Waals surface area (Å²) in [6.07, 6.45) is 9.18. The third-order valence-corrected chi connectivity index (χ3v) is 5.46. The van der Waals surface area contributed by atoms with E-state index in [9.17, 15) is 9.18 Å². The van der Waals surface area contributed by atoms with Gasteiger partial charge in [0.1, 0.15) is 29.0 Å². The van der Waals surface area contributed by atoms with Crippen molar-refractivity contribution < 1.29 is 9.18 Å². The van der Waals surface area contributed by atoms with E-state index < -0.39 is 5.82 Å². The number of halogens is 2. The van der Waals surface area contributed by atoms with Gasteiger partial charge in [0, 0.05) is 11.8 Å². The van der Waals surface area contributed by atoms with Gasteiger partial charge in [-0.3, -0.25) is 4.79 Å². The smallest absolute Gasteiger partial charge is 0.232 e. The third kappa shape index (κ3) is 4.36. The van der Waals surface area contributed by atoms with Crippen LogP contribution in [0.5, 0.6) is 0 Å². The molecule has 1 aromatic carbocycles. The Hall–Kier alpha value is -3.45. The maximum Gasteiger partial charge on any atom is 0.232 e. The van der Waals surface area contributed by atoms with Gasteiger partial charge in [-0.15, -0.1) is 0 Å². The first-order chi connectivity index (χ1) is 15.0. The van der Waals surface area contributed by atoms with Crippen LogP contribution in [0.1, 0.15) is 19.8 Å². The summed E-state index contributed by atoms with van der Waals surface area (Å²) in [5.74, 6) is 0.0985. The number of allylic oxidation sites excluding steroid dienone is 3. The van der Waals surface area contributed by atoms with Crippen molar-refractivity contribution in [2.45, 2.75) is 19.8 Å². The van der Waals surface area contributed by atoms with Crippen LogP contribution in [0.15, 0.2) is 60.3 Å². The summed E-state index contributed by atoms with van der Waals surface area (Å²) in [5, 5.41) is 3.06. The Bertz CT molecular complexity index is 1160. The zero-order valence-corrected chi connectivity index (χ0v) is 17.6. The van der Waals surface area contributed by atoms with Gasteiger partial charge in [-0.25, -0.2) is 14.4 Å². The van der Waals surface area contributed by atoms with Crippen LogP contribution >= 0.6 is 11.6 Å². The second-order valence-electron chi connectivity index (χ2n) is 7.20. The minimum absolute atomic E-state index is 0.112. The number of anilines is 2. The molecule has 2 aromatic heterocycles. The Morgan fingerprint density at radius 2 is 2.19 bits per heavy atom. The van der Waals surface area contributed by atoms with Crippen LogP contribution in [-0.4, -0.2) is 20.9 Å². The molecule has 3 aromatic rings. The number of hydrogen-bond donors (Lipinski definition) is 3. The first-order valence-electron chi connectivity index (χ1n) is 9.90. The first-order valence-corrected chi connectivity index (χ1v) is 10.3. The molecule has 1 amide bonds. The zero-order chi connectivity index (χ0) is 22.0. The Balaban J connectivity index is 1.50. The normalized spacial score (nSPS) is 15.6. The molecule has 31 heavy (non-hydrogen) atoms. The van der Waals surface area contributed by atoms with Crippen LogP contribution in [0, 0.1) is 11.7 Å². The van der Waals surface area contributed by atoms with Gasteiger partial charge in [-0.05, 0) is 37.1 Å². The molecule has 2 heterocycles. The van der Waals surface area contributed by atoms with Crippen LogP contribution in [0.25, 0.3) is 22.6 Å². The fourth-order valence-electron chi connectivity index (χ4n) is 3.40. The minimum Gasteiger partial charge on any atom is -0.383 e. The summed E-state index contributed by atoms with van der Waals surface area (Å²) >= 11 is 6.12. The van der Waals surface area contributed by atoms with E-state index in [-0.39, 0.29) is 34.1 Å². The number of carbonyl (C=O) groups excluding carboxylic acids is 1. The molecule has 0 spiro atoms. The first kappa shape index (κ1) is 20.8. The van der Waals surface area contributed by atoms with E-state index in [2.05, 4.69) is 33.3 Å². The summed E-state index contributed by atoms with van der Waals surface area (Å²) < 4.78 is 14.2. The summed E-state index contributed by atoms with van der Waals surface area (Å²) in [6, 6.07) is 7.83. The van der Waals surface area contributed by atoms with E-state index in [0.717, 1.165) is 6.42 Å². The van der Waals surface area contributed by atoms with Crippen molar-refractivity contribution in [2.75, 3.05) is 11.1 Å². The number of aromatic amines is 1. The van der Waals surface area contributed by atoms with Gasteiger partial charge in [-0.1, -0.05) is 48.4 Å². The Labute approximate surface area is 184 Å². The molecule has 1 atom stereocenters. The number of carbonyl (C=O) groups is 1. The number of aromatic nitrogens is 3. The van der Waals surface area contributed by atoms with Crippen molar-refractivity contribution in [1.82, 2.24) is 15.0 Å². The van der Waals surface area contributed by atoms with Gasteiger partial charge in [0.15, 0.2) is 0 Å². The molecular formula is C23H21ClFN5O. The van der Waals surface area contributed by atoms with Crippen molar-refractivity contribution in [3.05, 3.63) is 71.2 Å². The van der Waals surface area contributed by atoms with E-state index in [0.29, 0.717) is 23.5 Å². The molecule has 0 bridgehead atoms. The summed E-state index contributed by atoms with van der Waals surface area (Å²) in [6.45, 7) is 2.09. The van der Waals surface area contributed by atoms with E-state index >= 15 is 0 Å². The fourth-order valence-corrected chi connectivity index (χ4v) is 3.65. The van der Waals surface area contributed by atoms with Crippen molar-refractivity contribution in [3.63, 3.8) is 0 Å². The average molecular weight is 438 g/mol. The van der Waals surface area contributed by atoms with Gasteiger partial charge < -0.3 is 16.0 Å².